The average Bonchev–Trinajstić information content (AvgIpc) is 2.26. The Morgan fingerprint density at radius 3 is 2.83 bits per heavy atom. The van der Waals surface area contributed by atoms with Crippen molar-refractivity contribution in [3.05, 3.63) is 20.8 Å². The van der Waals surface area contributed by atoms with Crippen LogP contribution < -0.4 is 5.56 Å². The van der Waals surface area contributed by atoms with Crippen LogP contribution in [-0.2, 0) is 11.3 Å². The average molecular weight is 208 g/mol. The van der Waals surface area contributed by atoms with Gasteiger partial charge in [0.25, 0.3) is 5.56 Å². The van der Waals surface area contributed by atoms with Crippen LogP contribution in [0.3, 0.4) is 0 Å². The van der Waals surface area contributed by atoms with Gasteiger partial charge in [-0.25, -0.2) is 0 Å². The molecule has 0 aliphatic carbocycles. The molecule has 0 aliphatic rings. The molecule has 1 aromatic rings. The van der Waals surface area contributed by atoms with Crippen molar-refractivity contribution in [2.75, 3.05) is 0 Å². The molecule has 6 heteroatoms. The first-order chi connectivity index (χ1) is 5.59. The molecule has 0 saturated carbocycles. The monoisotopic (exact) mass is 207 g/mol. The summed E-state index contributed by atoms with van der Waals surface area (Å²) in [7, 11) is 0. The van der Waals surface area contributed by atoms with Crippen LogP contribution in [0.5, 0.6) is 0 Å². The number of carboxylic acids is 1. The molecular formula is C6H6ClNO3S. The number of halogens is 1. The minimum Gasteiger partial charge on any atom is -0.481 e. The van der Waals surface area contributed by atoms with Crippen LogP contribution in [0.15, 0.2) is 10.9 Å². The molecule has 1 heterocycles. The second kappa shape index (κ2) is 3.73. The van der Waals surface area contributed by atoms with E-state index >= 15 is 0 Å². The topological polar surface area (TPSA) is 59.3 Å². The molecule has 0 saturated heterocycles. The van der Waals surface area contributed by atoms with Crippen molar-refractivity contribution in [1.82, 2.24) is 3.96 Å². The normalized spacial score (nSPS) is 10.1. The van der Waals surface area contributed by atoms with Gasteiger partial charge >= 0.3 is 5.97 Å². The van der Waals surface area contributed by atoms with Crippen molar-refractivity contribution in [1.29, 1.82) is 0 Å². The molecule has 1 aromatic heterocycles. The number of nitrogens with zero attached hydrogens (tertiary/aromatic N) is 1. The first-order valence-corrected chi connectivity index (χ1v) is 4.33. The molecule has 66 valence electrons. The molecule has 0 amide bonds. The molecule has 0 atom stereocenters. The number of aliphatic carboxylic acids is 1. The number of carboxylic acid groups (broad SMARTS) is 1. The maximum Gasteiger partial charge on any atom is 0.305 e. The first kappa shape index (κ1) is 9.28. The molecule has 4 nitrogen and oxygen atoms in total. The Bertz CT molecular complexity index is 343. The lowest BCUT2D eigenvalue weighted by atomic mass is 10.4. The van der Waals surface area contributed by atoms with Crippen LogP contribution >= 0.6 is 23.1 Å². The lowest BCUT2D eigenvalue weighted by molar-refractivity contribution is -0.137. The van der Waals surface area contributed by atoms with Crippen LogP contribution in [0.25, 0.3) is 0 Å². The number of rotatable bonds is 3. The van der Waals surface area contributed by atoms with E-state index in [0.717, 1.165) is 11.5 Å². The quantitative estimate of drug-likeness (QED) is 0.806. The molecular weight excluding hydrogens is 202 g/mol. The third kappa shape index (κ3) is 2.35. The summed E-state index contributed by atoms with van der Waals surface area (Å²) in [6.45, 7) is 0.186. The van der Waals surface area contributed by atoms with E-state index in [1.165, 1.54) is 10.0 Å². The van der Waals surface area contributed by atoms with Crippen molar-refractivity contribution >= 4 is 29.1 Å². The van der Waals surface area contributed by atoms with Gasteiger partial charge in [0.15, 0.2) is 0 Å². The second-order valence-corrected chi connectivity index (χ2v) is 3.82. The maximum atomic E-state index is 10.9. The van der Waals surface area contributed by atoms with Crippen molar-refractivity contribution in [2.24, 2.45) is 0 Å². The van der Waals surface area contributed by atoms with Gasteiger partial charge in [0, 0.05) is 12.6 Å². The van der Waals surface area contributed by atoms with E-state index in [-0.39, 0.29) is 18.5 Å². The highest BCUT2D eigenvalue weighted by molar-refractivity contribution is 7.11. The van der Waals surface area contributed by atoms with E-state index in [1.807, 2.05) is 0 Å². The van der Waals surface area contributed by atoms with Crippen molar-refractivity contribution in [2.45, 2.75) is 13.0 Å². The Labute approximate surface area is 77.2 Å². The van der Waals surface area contributed by atoms with Crippen LogP contribution in [-0.4, -0.2) is 15.0 Å². The molecule has 0 bridgehead atoms. The van der Waals surface area contributed by atoms with Gasteiger partial charge in [0.05, 0.1) is 6.42 Å². The fraction of sp³-hybridized carbons (Fsp3) is 0.333. The number of aryl methyl sites for hydroxylation is 1. The number of hydrogen-bond donors (Lipinski definition) is 1. The Hall–Kier alpha value is -0.810. The Kier molecular flexibility index (Phi) is 2.88. The van der Waals surface area contributed by atoms with Crippen molar-refractivity contribution in [3.8, 4) is 0 Å². The Balaban J connectivity index is 2.69. The van der Waals surface area contributed by atoms with Gasteiger partial charge < -0.3 is 5.11 Å². The summed E-state index contributed by atoms with van der Waals surface area (Å²) in [5, 5.41) is 8.33. The minimum atomic E-state index is -0.925. The summed E-state index contributed by atoms with van der Waals surface area (Å²) < 4.78 is 1.70. The largest absolute Gasteiger partial charge is 0.481 e. The summed E-state index contributed by atoms with van der Waals surface area (Å²) in [6.07, 6.45) is -0.0588. The fourth-order valence-electron chi connectivity index (χ4n) is 0.699. The van der Waals surface area contributed by atoms with E-state index in [0.29, 0.717) is 4.34 Å². The third-order valence-corrected chi connectivity index (χ3v) is 2.40. The van der Waals surface area contributed by atoms with Crippen LogP contribution in [0.4, 0.5) is 0 Å². The summed E-state index contributed by atoms with van der Waals surface area (Å²) >= 11 is 6.59. The molecule has 0 fully saturated rings. The zero-order chi connectivity index (χ0) is 9.14. The van der Waals surface area contributed by atoms with Crippen LogP contribution in [0, 0.1) is 0 Å². The zero-order valence-electron chi connectivity index (χ0n) is 5.99. The highest BCUT2D eigenvalue weighted by Crippen LogP contribution is 2.11. The molecule has 1 N–H and O–H groups in total. The third-order valence-electron chi connectivity index (χ3n) is 1.21. The molecule has 0 spiro atoms. The van der Waals surface area contributed by atoms with Crippen molar-refractivity contribution in [3.63, 3.8) is 0 Å². The van der Waals surface area contributed by atoms with Gasteiger partial charge in [-0.3, -0.25) is 13.5 Å². The highest BCUT2D eigenvalue weighted by atomic mass is 35.5. The predicted molar refractivity (Wildman–Crippen MR) is 45.8 cm³/mol. The molecule has 0 unspecified atom stereocenters. The van der Waals surface area contributed by atoms with Gasteiger partial charge in [0.1, 0.15) is 4.34 Å². The van der Waals surface area contributed by atoms with Gasteiger partial charge in [-0.2, -0.15) is 0 Å². The summed E-state index contributed by atoms with van der Waals surface area (Å²) in [6, 6.07) is 1.27. The summed E-state index contributed by atoms with van der Waals surface area (Å²) in [5.74, 6) is -0.925. The van der Waals surface area contributed by atoms with E-state index in [1.54, 1.807) is 0 Å². The number of aromatic nitrogens is 1. The predicted octanol–water partition coefficient (Wildman–Crippen LogP) is 1.04. The number of hydrogen-bond acceptors (Lipinski definition) is 3. The van der Waals surface area contributed by atoms with E-state index < -0.39 is 5.97 Å². The van der Waals surface area contributed by atoms with Crippen LogP contribution in [0.2, 0.25) is 4.34 Å². The molecule has 0 radical (unpaired) electrons. The Morgan fingerprint density at radius 2 is 2.42 bits per heavy atom. The maximum absolute atomic E-state index is 10.9. The SMILES string of the molecule is O=C(O)CCn1sc(Cl)cc1=O. The molecule has 0 aromatic carbocycles. The molecule has 1 rings (SSSR count). The molecule has 0 aliphatic heterocycles. The van der Waals surface area contributed by atoms with Gasteiger partial charge in [-0.15, -0.1) is 0 Å². The van der Waals surface area contributed by atoms with Gasteiger partial charge in [-0.05, 0) is 11.5 Å². The Morgan fingerprint density at radius 1 is 1.75 bits per heavy atom. The van der Waals surface area contributed by atoms with E-state index in [9.17, 15) is 9.59 Å². The van der Waals surface area contributed by atoms with E-state index in [4.69, 9.17) is 16.7 Å². The fourth-order valence-corrected chi connectivity index (χ4v) is 1.73. The zero-order valence-corrected chi connectivity index (χ0v) is 7.56. The summed E-state index contributed by atoms with van der Waals surface area (Å²) in [4.78, 5) is 21.1. The van der Waals surface area contributed by atoms with Gasteiger partial charge in [-0.1, -0.05) is 11.6 Å². The number of carbonyl (C=O) groups is 1. The van der Waals surface area contributed by atoms with Crippen LogP contribution in [0.1, 0.15) is 6.42 Å². The lowest BCUT2D eigenvalue weighted by Gasteiger charge is -1.94. The molecule has 12 heavy (non-hydrogen) atoms. The van der Waals surface area contributed by atoms with Crippen molar-refractivity contribution < 1.29 is 9.90 Å². The highest BCUT2D eigenvalue weighted by Gasteiger charge is 2.03. The minimum absolute atomic E-state index is 0.0588. The summed E-state index contributed by atoms with van der Waals surface area (Å²) in [5.41, 5.74) is -0.244. The smallest absolute Gasteiger partial charge is 0.305 e. The van der Waals surface area contributed by atoms with E-state index in [2.05, 4.69) is 0 Å². The standard InChI is InChI=1S/C6H6ClNO3S/c7-4-3-5(9)8(12-4)2-1-6(10)11/h3H,1-2H2,(H,10,11). The lowest BCUT2D eigenvalue weighted by Crippen LogP contribution is -2.14. The van der Waals surface area contributed by atoms with Gasteiger partial charge in [0.2, 0.25) is 0 Å². The second-order valence-electron chi connectivity index (χ2n) is 2.12. The first-order valence-electron chi connectivity index (χ1n) is 3.18.